The Balaban J connectivity index is 1.62. The molecular weight excluding hydrogens is 360 g/mol. The molecule has 1 heterocycles. The van der Waals surface area contributed by atoms with E-state index in [1.54, 1.807) is 17.4 Å². The third-order valence-electron chi connectivity index (χ3n) is 3.66. The van der Waals surface area contributed by atoms with Crippen molar-refractivity contribution in [3.63, 3.8) is 0 Å². The summed E-state index contributed by atoms with van der Waals surface area (Å²) in [7, 11) is 0. The lowest BCUT2D eigenvalue weighted by atomic mass is 10.1. The summed E-state index contributed by atoms with van der Waals surface area (Å²) in [6, 6.07) is 15.7. The van der Waals surface area contributed by atoms with Crippen LogP contribution in [-0.2, 0) is 6.42 Å². The number of hydrogen-bond donors (Lipinski definition) is 1. The van der Waals surface area contributed by atoms with Gasteiger partial charge >= 0.3 is 0 Å². The van der Waals surface area contributed by atoms with E-state index in [4.69, 9.17) is 0 Å². The summed E-state index contributed by atoms with van der Waals surface area (Å²) in [5, 5.41) is 3.55. The molecule has 0 saturated heterocycles. The summed E-state index contributed by atoms with van der Waals surface area (Å²) in [4.78, 5) is 18.1. The van der Waals surface area contributed by atoms with Crippen LogP contribution in [-0.4, -0.2) is 10.9 Å². The van der Waals surface area contributed by atoms with Crippen molar-refractivity contribution in [2.45, 2.75) is 6.42 Å². The fourth-order valence-electron chi connectivity index (χ4n) is 2.62. The van der Waals surface area contributed by atoms with Gasteiger partial charge in [0.15, 0.2) is 5.13 Å². The summed E-state index contributed by atoms with van der Waals surface area (Å²) >= 11 is 4.95. The van der Waals surface area contributed by atoms with E-state index in [2.05, 4.69) is 38.4 Å². The van der Waals surface area contributed by atoms with Crippen LogP contribution in [0.15, 0.2) is 53.0 Å². The molecule has 0 unspecified atom stereocenters. The van der Waals surface area contributed by atoms with Crippen molar-refractivity contribution in [2.24, 2.45) is 0 Å². The van der Waals surface area contributed by atoms with Crippen LogP contribution in [0, 0.1) is 0 Å². The Bertz CT molecular complexity index is 888. The Kier molecular flexibility index (Phi) is 3.32. The molecule has 5 heteroatoms. The second-order valence-corrected chi connectivity index (χ2v) is 7.00. The van der Waals surface area contributed by atoms with E-state index in [0.29, 0.717) is 10.7 Å². The van der Waals surface area contributed by atoms with Crippen molar-refractivity contribution in [3.8, 4) is 11.3 Å². The summed E-state index contributed by atoms with van der Waals surface area (Å²) in [5.41, 5.74) is 4.09. The quantitative estimate of drug-likeness (QED) is 0.554. The largest absolute Gasteiger partial charge is 0.298 e. The Labute approximate surface area is 140 Å². The van der Waals surface area contributed by atoms with Gasteiger partial charge in [0.25, 0.3) is 5.91 Å². The van der Waals surface area contributed by atoms with Gasteiger partial charge in [0.1, 0.15) is 0 Å². The summed E-state index contributed by atoms with van der Waals surface area (Å²) < 4.78 is 0.780. The van der Waals surface area contributed by atoms with Gasteiger partial charge in [0, 0.05) is 21.3 Å². The molecule has 0 aliphatic heterocycles. The second kappa shape index (κ2) is 5.34. The lowest BCUT2D eigenvalue weighted by molar-refractivity contribution is 0.102. The minimum Gasteiger partial charge on any atom is -0.298 e. The van der Waals surface area contributed by atoms with Gasteiger partial charge in [-0.15, -0.1) is 11.3 Å². The number of amides is 1. The van der Waals surface area contributed by atoms with E-state index in [0.717, 1.165) is 16.6 Å². The second-order valence-electron chi connectivity index (χ2n) is 5.06. The Morgan fingerprint density at radius 2 is 1.91 bits per heavy atom. The van der Waals surface area contributed by atoms with E-state index in [-0.39, 0.29) is 5.91 Å². The highest BCUT2D eigenvalue weighted by Gasteiger charge is 2.23. The van der Waals surface area contributed by atoms with Gasteiger partial charge in [-0.2, -0.15) is 0 Å². The highest BCUT2D eigenvalue weighted by Crippen LogP contribution is 2.40. The SMILES string of the molecule is O=C(Nc1nc2c(s1)Cc1ccccc1-2)c1ccccc1Br. The molecule has 0 spiro atoms. The number of carbonyl (C=O) groups is 1. The monoisotopic (exact) mass is 370 g/mol. The van der Waals surface area contributed by atoms with E-state index in [1.165, 1.54) is 16.0 Å². The Hall–Kier alpha value is -1.98. The van der Waals surface area contributed by atoms with Crippen molar-refractivity contribution >= 4 is 38.3 Å². The van der Waals surface area contributed by atoms with Crippen LogP contribution in [0.5, 0.6) is 0 Å². The van der Waals surface area contributed by atoms with Crippen LogP contribution < -0.4 is 5.32 Å². The van der Waals surface area contributed by atoms with Crippen LogP contribution >= 0.6 is 27.3 Å². The molecular formula is C17H11BrN2OS. The minimum absolute atomic E-state index is 0.145. The number of halogens is 1. The van der Waals surface area contributed by atoms with Crippen LogP contribution in [0.4, 0.5) is 5.13 Å². The summed E-state index contributed by atoms with van der Waals surface area (Å²) in [5.74, 6) is -0.145. The number of nitrogens with one attached hydrogen (secondary N) is 1. The number of thiazole rings is 1. The molecule has 1 aliphatic rings. The summed E-state index contributed by atoms with van der Waals surface area (Å²) in [6.45, 7) is 0. The first-order chi connectivity index (χ1) is 10.7. The van der Waals surface area contributed by atoms with E-state index in [9.17, 15) is 4.79 Å². The topological polar surface area (TPSA) is 42.0 Å². The van der Waals surface area contributed by atoms with E-state index >= 15 is 0 Å². The van der Waals surface area contributed by atoms with Gasteiger partial charge in [-0.3, -0.25) is 10.1 Å². The smallest absolute Gasteiger partial charge is 0.258 e. The number of hydrogen-bond acceptors (Lipinski definition) is 3. The van der Waals surface area contributed by atoms with Gasteiger partial charge in [0.2, 0.25) is 0 Å². The predicted molar refractivity (Wildman–Crippen MR) is 92.5 cm³/mol. The molecule has 2 aromatic carbocycles. The van der Waals surface area contributed by atoms with Crippen LogP contribution in [0.1, 0.15) is 20.8 Å². The van der Waals surface area contributed by atoms with Crippen LogP contribution in [0.2, 0.25) is 0 Å². The standard InChI is InChI=1S/C17H11BrN2OS/c18-13-8-4-3-7-12(13)16(21)20-17-19-15-11-6-2-1-5-10(11)9-14(15)22-17/h1-8H,9H2,(H,19,20,21). The molecule has 0 bridgehead atoms. The Morgan fingerprint density at radius 3 is 2.77 bits per heavy atom. The minimum atomic E-state index is -0.145. The first-order valence-corrected chi connectivity index (χ1v) is 8.47. The summed E-state index contributed by atoms with van der Waals surface area (Å²) in [6.07, 6.45) is 0.897. The van der Waals surface area contributed by atoms with Gasteiger partial charge in [-0.05, 0) is 33.6 Å². The lowest BCUT2D eigenvalue weighted by Gasteiger charge is -2.04. The van der Waals surface area contributed by atoms with E-state index in [1.807, 2.05) is 30.3 Å². The molecule has 1 amide bonds. The predicted octanol–water partition coefficient (Wildman–Crippen LogP) is 4.73. The fourth-order valence-corrected chi connectivity index (χ4v) is 4.08. The molecule has 0 saturated carbocycles. The number of benzene rings is 2. The molecule has 3 aromatic rings. The maximum Gasteiger partial charge on any atom is 0.258 e. The van der Waals surface area contributed by atoms with Crippen molar-refractivity contribution in [1.82, 2.24) is 4.98 Å². The third kappa shape index (κ3) is 2.26. The van der Waals surface area contributed by atoms with Crippen molar-refractivity contribution in [3.05, 3.63) is 69.0 Å². The Morgan fingerprint density at radius 1 is 1.14 bits per heavy atom. The number of rotatable bonds is 2. The first-order valence-electron chi connectivity index (χ1n) is 6.86. The molecule has 0 atom stereocenters. The molecule has 4 rings (SSSR count). The zero-order chi connectivity index (χ0) is 15.1. The average Bonchev–Trinajstić information content (AvgIpc) is 3.04. The molecule has 0 fully saturated rings. The van der Waals surface area contributed by atoms with Gasteiger partial charge in [0.05, 0.1) is 11.3 Å². The molecule has 0 radical (unpaired) electrons. The molecule has 108 valence electrons. The van der Waals surface area contributed by atoms with Crippen molar-refractivity contribution < 1.29 is 4.79 Å². The maximum absolute atomic E-state index is 12.3. The van der Waals surface area contributed by atoms with Gasteiger partial charge in [-0.25, -0.2) is 4.98 Å². The van der Waals surface area contributed by atoms with Gasteiger partial charge in [-0.1, -0.05) is 36.4 Å². The highest BCUT2D eigenvalue weighted by molar-refractivity contribution is 9.10. The highest BCUT2D eigenvalue weighted by atomic mass is 79.9. The lowest BCUT2D eigenvalue weighted by Crippen LogP contribution is -2.12. The molecule has 22 heavy (non-hydrogen) atoms. The number of anilines is 1. The average molecular weight is 371 g/mol. The molecule has 1 N–H and O–H groups in total. The third-order valence-corrected chi connectivity index (χ3v) is 5.32. The normalized spacial score (nSPS) is 11.9. The fraction of sp³-hybridized carbons (Fsp3) is 0.0588. The van der Waals surface area contributed by atoms with Gasteiger partial charge < -0.3 is 0 Å². The zero-order valence-electron chi connectivity index (χ0n) is 11.5. The number of aromatic nitrogens is 1. The number of nitrogens with zero attached hydrogens (tertiary/aromatic N) is 1. The maximum atomic E-state index is 12.3. The van der Waals surface area contributed by atoms with E-state index < -0.39 is 0 Å². The molecule has 1 aliphatic carbocycles. The first kappa shape index (κ1) is 13.7. The van der Waals surface area contributed by atoms with Crippen LogP contribution in [0.25, 0.3) is 11.3 Å². The zero-order valence-corrected chi connectivity index (χ0v) is 13.9. The number of carbonyl (C=O) groups excluding carboxylic acids is 1. The van der Waals surface area contributed by atoms with Crippen molar-refractivity contribution in [2.75, 3.05) is 5.32 Å². The molecule has 3 nitrogen and oxygen atoms in total. The van der Waals surface area contributed by atoms with Crippen LogP contribution in [0.3, 0.4) is 0 Å². The number of fused-ring (bicyclic) bond motifs is 3. The van der Waals surface area contributed by atoms with Crippen molar-refractivity contribution in [1.29, 1.82) is 0 Å². The molecule has 1 aromatic heterocycles.